The Morgan fingerprint density at radius 3 is 2.63 bits per heavy atom. The summed E-state index contributed by atoms with van der Waals surface area (Å²) < 4.78 is 56.9. The fourth-order valence-electron chi connectivity index (χ4n) is 3.38. The van der Waals surface area contributed by atoms with E-state index in [2.05, 4.69) is 20.0 Å². The number of hydrogen-bond donors (Lipinski definition) is 1. The smallest absolute Gasteiger partial charge is 0.403 e. The van der Waals surface area contributed by atoms with Crippen molar-refractivity contribution in [2.45, 2.75) is 12.8 Å². The van der Waals surface area contributed by atoms with Crippen molar-refractivity contribution in [3.8, 4) is 17.0 Å². The van der Waals surface area contributed by atoms with Gasteiger partial charge in [0.1, 0.15) is 0 Å². The lowest BCUT2D eigenvalue weighted by Gasteiger charge is -2.10. The number of nitrogens with one attached hydrogen (secondary N) is 1. The molecule has 0 fully saturated rings. The number of ether oxygens (including phenoxy) is 1. The Labute approximate surface area is 197 Å². The van der Waals surface area contributed by atoms with Gasteiger partial charge in [0.15, 0.2) is 16.7 Å². The molecule has 0 saturated carbocycles. The van der Waals surface area contributed by atoms with Gasteiger partial charge in [-0.05, 0) is 23.8 Å². The third-order valence-corrected chi connectivity index (χ3v) is 5.77. The summed E-state index contributed by atoms with van der Waals surface area (Å²) >= 11 is 0.993. The third kappa shape index (κ3) is 4.91. The molecule has 14 heteroatoms. The van der Waals surface area contributed by atoms with Crippen LogP contribution in [0.1, 0.15) is 5.56 Å². The standard InChI is InChI=1S/C21H15F4N5O4S/c1-29-14-8-26-7-11(17(14)18(32)30(2)20(29)33)6-16(31)28-19-27-13(9-35-19)10-3-4-12(22)15(5-10)34-21(23,24)25/h3-5,7-9H,6H2,1-2H3,(H,27,28,31). The lowest BCUT2D eigenvalue weighted by molar-refractivity contribution is -0.275. The molecule has 0 unspecified atom stereocenters. The molecular weight excluding hydrogens is 494 g/mol. The molecule has 0 bridgehead atoms. The van der Waals surface area contributed by atoms with Crippen molar-refractivity contribution in [1.82, 2.24) is 19.1 Å². The van der Waals surface area contributed by atoms with Crippen molar-refractivity contribution in [3.05, 3.63) is 68.2 Å². The summed E-state index contributed by atoms with van der Waals surface area (Å²) in [6.45, 7) is 0. The Balaban J connectivity index is 1.56. The Morgan fingerprint density at radius 1 is 1.17 bits per heavy atom. The quantitative estimate of drug-likeness (QED) is 0.415. The molecular formula is C21H15F4N5O4S. The number of carbonyl (C=O) groups excluding carboxylic acids is 1. The second kappa shape index (κ2) is 8.94. The number of halogens is 4. The van der Waals surface area contributed by atoms with Crippen LogP contribution in [0, 0.1) is 5.82 Å². The second-order valence-electron chi connectivity index (χ2n) is 7.35. The molecule has 182 valence electrons. The van der Waals surface area contributed by atoms with Gasteiger partial charge in [0.05, 0.1) is 29.2 Å². The van der Waals surface area contributed by atoms with Crippen molar-refractivity contribution in [2.75, 3.05) is 5.32 Å². The van der Waals surface area contributed by atoms with Gasteiger partial charge in [-0.25, -0.2) is 14.2 Å². The van der Waals surface area contributed by atoms with Crippen LogP contribution >= 0.6 is 11.3 Å². The van der Waals surface area contributed by atoms with Crippen molar-refractivity contribution < 1.29 is 27.1 Å². The molecule has 1 amide bonds. The number of anilines is 1. The number of carbonyl (C=O) groups is 1. The normalized spacial score (nSPS) is 11.6. The highest BCUT2D eigenvalue weighted by atomic mass is 32.1. The van der Waals surface area contributed by atoms with E-state index in [1.807, 2.05) is 0 Å². The Bertz CT molecular complexity index is 1570. The summed E-state index contributed by atoms with van der Waals surface area (Å²) in [5, 5.41) is 4.31. The number of fused-ring (bicyclic) bond motifs is 1. The Kier molecular flexibility index (Phi) is 6.15. The minimum Gasteiger partial charge on any atom is -0.403 e. The number of aromatic nitrogens is 4. The summed E-state index contributed by atoms with van der Waals surface area (Å²) in [4.78, 5) is 45.6. The van der Waals surface area contributed by atoms with Crippen molar-refractivity contribution >= 4 is 33.3 Å². The zero-order chi connectivity index (χ0) is 25.5. The lowest BCUT2D eigenvalue weighted by Crippen LogP contribution is -2.37. The highest BCUT2D eigenvalue weighted by Gasteiger charge is 2.32. The van der Waals surface area contributed by atoms with Crippen molar-refractivity contribution in [2.24, 2.45) is 14.1 Å². The molecule has 1 N–H and O–H groups in total. The molecule has 0 spiro atoms. The van der Waals surface area contributed by atoms with E-state index < -0.39 is 35.1 Å². The molecule has 4 rings (SSSR count). The van der Waals surface area contributed by atoms with Crippen LogP contribution in [0.25, 0.3) is 22.2 Å². The first kappa shape index (κ1) is 24.1. The summed E-state index contributed by atoms with van der Waals surface area (Å²) in [5.74, 6) is -2.74. The van der Waals surface area contributed by atoms with Crippen LogP contribution in [0.4, 0.5) is 22.7 Å². The third-order valence-electron chi connectivity index (χ3n) is 5.01. The van der Waals surface area contributed by atoms with E-state index in [0.29, 0.717) is 5.56 Å². The van der Waals surface area contributed by atoms with Crippen LogP contribution in [0.15, 0.2) is 45.6 Å². The first-order valence-corrected chi connectivity index (χ1v) is 10.7. The minimum atomic E-state index is -5.07. The lowest BCUT2D eigenvalue weighted by atomic mass is 10.1. The van der Waals surface area contributed by atoms with Gasteiger partial charge >= 0.3 is 12.1 Å². The SMILES string of the molecule is Cn1c(=O)c2c(CC(=O)Nc3nc(-c4ccc(F)c(OC(F)(F)F)c4)cs3)cncc2n(C)c1=O. The summed E-state index contributed by atoms with van der Waals surface area (Å²) in [6, 6.07) is 2.89. The highest BCUT2D eigenvalue weighted by Crippen LogP contribution is 2.32. The number of amides is 1. The molecule has 3 aromatic heterocycles. The molecule has 4 aromatic rings. The van der Waals surface area contributed by atoms with Crippen LogP contribution in [-0.4, -0.2) is 31.4 Å². The maximum Gasteiger partial charge on any atom is 0.573 e. The number of thiazole rings is 1. The first-order chi connectivity index (χ1) is 16.4. The maximum atomic E-state index is 13.7. The van der Waals surface area contributed by atoms with Gasteiger partial charge in [0.2, 0.25) is 5.91 Å². The molecule has 1 aromatic carbocycles. The topological polar surface area (TPSA) is 108 Å². The number of rotatable bonds is 5. The fourth-order valence-corrected chi connectivity index (χ4v) is 4.11. The Hall–Kier alpha value is -4.07. The van der Waals surface area contributed by atoms with E-state index in [-0.39, 0.29) is 33.7 Å². The predicted octanol–water partition coefficient (Wildman–Crippen LogP) is 2.97. The van der Waals surface area contributed by atoms with Crippen LogP contribution in [0.3, 0.4) is 0 Å². The fraction of sp³-hybridized carbons (Fsp3) is 0.190. The average Bonchev–Trinajstić information content (AvgIpc) is 3.25. The summed E-state index contributed by atoms with van der Waals surface area (Å²) in [6.07, 6.45) is -2.62. The summed E-state index contributed by atoms with van der Waals surface area (Å²) in [7, 11) is 2.81. The van der Waals surface area contributed by atoms with Crippen molar-refractivity contribution in [3.63, 3.8) is 0 Å². The summed E-state index contributed by atoms with van der Waals surface area (Å²) in [5.41, 5.74) is -0.213. The number of nitrogens with zero attached hydrogens (tertiary/aromatic N) is 4. The molecule has 9 nitrogen and oxygen atoms in total. The number of aryl methyl sites for hydroxylation is 1. The maximum absolute atomic E-state index is 13.7. The van der Waals surface area contributed by atoms with Gasteiger partial charge in [-0.15, -0.1) is 24.5 Å². The molecule has 0 aliphatic carbocycles. The highest BCUT2D eigenvalue weighted by molar-refractivity contribution is 7.14. The van der Waals surface area contributed by atoms with E-state index in [1.165, 1.54) is 42.5 Å². The molecule has 0 aliphatic heterocycles. The molecule has 0 radical (unpaired) electrons. The van der Waals surface area contributed by atoms with Crippen LogP contribution in [0.5, 0.6) is 5.75 Å². The minimum absolute atomic E-state index is 0.126. The van der Waals surface area contributed by atoms with Crippen molar-refractivity contribution in [1.29, 1.82) is 0 Å². The number of hydrogen-bond acceptors (Lipinski definition) is 7. The average molecular weight is 509 g/mol. The molecule has 0 atom stereocenters. The van der Waals surface area contributed by atoms with E-state index in [4.69, 9.17) is 0 Å². The zero-order valence-corrected chi connectivity index (χ0v) is 18.8. The molecule has 0 saturated heterocycles. The predicted molar refractivity (Wildman–Crippen MR) is 119 cm³/mol. The largest absolute Gasteiger partial charge is 0.573 e. The van der Waals surface area contributed by atoms with Gasteiger partial charge in [-0.2, -0.15) is 0 Å². The van der Waals surface area contributed by atoms with E-state index >= 15 is 0 Å². The van der Waals surface area contributed by atoms with Crippen LogP contribution in [0.2, 0.25) is 0 Å². The number of alkyl halides is 3. The molecule has 0 aliphatic rings. The second-order valence-corrected chi connectivity index (χ2v) is 8.21. The van der Waals surface area contributed by atoms with Gasteiger partial charge in [-0.3, -0.25) is 23.7 Å². The molecule has 3 heterocycles. The monoisotopic (exact) mass is 509 g/mol. The number of pyridine rings is 1. The molecule has 35 heavy (non-hydrogen) atoms. The van der Waals surface area contributed by atoms with Gasteiger partial charge in [0.25, 0.3) is 5.56 Å². The Morgan fingerprint density at radius 2 is 1.91 bits per heavy atom. The van der Waals surface area contributed by atoms with E-state index in [0.717, 1.165) is 28.0 Å². The van der Waals surface area contributed by atoms with E-state index in [1.54, 1.807) is 0 Å². The van der Waals surface area contributed by atoms with E-state index in [9.17, 15) is 31.9 Å². The van der Waals surface area contributed by atoms with Crippen LogP contribution in [-0.2, 0) is 25.3 Å². The van der Waals surface area contributed by atoms with Crippen LogP contribution < -0.4 is 21.3 Å². The van der Waals surface area contributed by atoms with Gasteiger partial charge < -0.3 is 10.1 Å². The van der Waals surface area contributed by atoms with Gasteiger partial charge in [0, 0.05) is 31.2 Å². The first-order valence-electron chi connectivity index (χ1n) is 9.78. The zero-order valence-electron chi connectivity index (χ0n) is 18.0. The van der Waals surface area contributed by atoms with Gasteiger partial charge in [-0.1, -0.05) is 0 Å². The number of benzene rings is 1.